The molecule has 7 heteroatoms. The molecule has 1 saturated heterocycles. The van der Waals surface area contributed by atoms with Crippen molar-refractivity contribution in [3.05, 3.63) is 59.2 Å². The first-order chi connectivity index (χ1) is 15.2. The molecular weight excluding hydrogens is 392 g/mol. The Morgan fingerprint density at radius 2 is 1.74 bits per heavy atom. The van der Waals surface area contributed by atoms with Gasteiger partial charge in [0, 0.05) is 32.7 Å². The summed E-state index contributed by atoms with van der Waals surface area (Å²) in [5.41, 5.74) is 3.68. The number of guanidine groups is 1. The Bertz CT molecular complexity index is 850. The second kappa shape index (κ2) is 12.2. The molecule has 0 bridgehead atoms. The minimum absolute atomic E-state index is 0.547. The molecule has 2 aromatic rings. The molecule has 0 spiro atoms. The first-order valence-electron chi connectivity index (χ1n) is 10.8. The van der Waals surface area contributed by atoms with E-state index in [2.05, 4.69) is 46.7 Å². The quantitative estimate of drug-likeness (QED) is 0.475. The molecule has 3 rings (SSSR count). The van der Waals surface area contributed by atoms with Crippen molar-refractivity contribution in [2.24, 2.45) is 4.99 Å². The molecule has 0 saturated carbocycles. The zero-order valence-corrected chi connectivity index (χ0v) is 18.8. The van der Waals surface area contributed by atoms with Crippen molar-refractivity contribution in [1.29, 1.82) is 0 Å². The van der Waals surface area contributed by atoms with Crippen molar-refractivity contribution in [1.82, 2.24) is 15.5 Å². The number of methoxy groups -OCH3 is 2. The van der Waals surface area contributed by atoms with Gasteiger partial charge in [0.2, 0.25) is 0 Å². The molecule has 0 aliphatic carbocycles. The van der Waals surface area contributed by atoms with Gasteiger partial charge in [-0.2, -0.15) is 0 Å². The minimum Gasteiger partial charge on any atom is -0.493 e. The molecule has 2 aromatic carbocycles. The Balaban J connectivity index is 1.64. The summed E-state index contributed by atoms with van der Waals surface area (Å²) in [6, 6.07) is 14.5. The van der Waals surface area contributed by atoms with Crippen LogP contribution in [0, 0.1) is 0 Å². The zero-order valence-electron chi connectivity index (χ0n) is 18.8. The fourth-order valence-electron chi connectivity index (χ4n) is 3.55. The highest BCUT2D eigenvalue weighted by atomic mass is 16.5. The van der Waals surface area contributed by atoms with Gasteiger partial charge in [0.1, 0.15) is 0 Å². The number of rotatable bonds is 9. The highest BCUT2D eigenvalue weighted by Gasteiger charge is 2.13. The number of morpholine rings is 1. The van der Waals surface area contributed by atoms with Gasteiger partial charge >= 0.3 is 0 Å². The molecule has 168 valence electrons. The normalized spacial score (nSPS) is 14.9. The highest BCUT2D eigenvalue weighted by molar-refractivity contribution is 5.79. The Morgan fingerprint density at radius 1 is 1.00 bits per heavy atom. The molecule has 1 heterocycles. The number of hydrogen-bond donors (Lipinski definition) is 2. The van der Waals surface area contributed by atoms with Crippen LogP contribution in [-0.2, 0) is 24.4 Å². The molecule has 0 radical (unpaired) electrons. The van der Waals surface area contributed by atoms with Crippen molar-refractivity contribution in [3.63, 3.8) is 0 Å². The monoisotopic (exact) mass is 426 g/mol. The predicted octanol–water partition coefficient (Wildman–Crippen LogP) is 2.79. The molecule has 7 nitrogen and oxygen atoms in total. The van der Waals surface area contributed by atoms with Crippen LogP contribution in [0.1, 0.15) is 23.6 Å². The maximum Gasteiger partial charge on any atom is 0.191 e. The summed E-state index contributed by atoms with van der Waals surface area (Å²) >= 11 is 0. The maximum absolute atomic E-state index is 5.47. The van der Waals surface area contributed by atoms with Crippen LogP contribution in [0.2, 0.25) is 0 Å². The summed E-state index contributed by atoms with van der Waals surface area (Å²) in [6.07, 6.45) is 0. The topological polar surface area (TPSA) is 67.4 Å². The van der Waals surface area contributed by atoms with E-state index < -0.39 is 0 Å². The van der Waals surface area contributed by atoms with Gasteiger partial charge in [0.05, 0.1) is 34.0 Å². The summed E-state index contributed by atoms with van der Waals surface area (Å²) in [5.74, 6) is 2.22. The SMILES string of the molecule is CCNC(=NCc1ccc(OC)c(OC)c1)NCc1ccccc1CN1CCOCC1. The van der Waals surface area contributed by atoms with E-state index in [9.17, 15) is 0 Å². The fourth-order valence-corrected chi connectivity index (χ4v) is 3.55. The van der Waals surface area contributed by atoms with E-state index in [0.29, 0.717) is 12.3 Å². The summed E-state index contributed by atoms with van der Waals surface area (Å²) in [5, 5.41) is 6.81. The number of aliphatic imine (C=N–C) groups is 1. The second-order valence-corrected chi connectivity index (χ2v) is 7.40. The van der Waals surface area contributed by atoms with E-state index in [4.69, 9.17) is 19.2 Å². The lowest BCUT2D eigenvalue weighted by molar-refractivity contribution is 0.0341. The Labute approximate surface area is 185 Å². The number of nitrogens with zero attached hydrogens (tertiary/aromatic N) is 2. The summed E-state index contributed by atoms with van der Waals surface area (Å²) < 4.78 is 16.2. The van der Waals surface area contributed by atoms with E-state index in [1.165, 1.54) is 11.1 Å². The van der Waals surface area contributed by atoms with Crippen LogP contribution in [0.3, 0.4) is 0 Å². The van der Waals surface area contributed by atoms with Gasteiger partial charge in [0.15, 0.2) is 17.5 Å². The Morgan fingerprint density at radius 3 is 2.45 bits per heavy atom. The number of nitrogens with one attached hydrogen (secondary N) is 2. The number of hydrogen-bond acceptors (Lipinski definition) is 5. The first kappa shape index (κ1) is 22.9. The largest absolute Gasteiger partial charge is 0.493 e. The van der Waals surface area contributed by atoms with Crippen LogP contribution < -0.4 is 20.1 Å². The van der Waals surface area contributed by atoms with Crippen LogP contribution in [0.5, 0.6) is 11.5 Å². The zero-order chi connectivity index (χ0) is 21.9. The van der Waals surface area contributed by atoms with Crippen molar-refractivity contribution in [3.8, 4) is 11.5 Å². The molecule has 2 N–H and O–H groups in total. The second-order valence-electron chi connectivity index (χ2n) is 7.40. The molecule has 0 amide bonds. The van der Waals surface area contributed by atoms with Gasteiger partial charge < -0.3 is 24.8 Å². The standard InChI is InChI=1S/C24H34N4O3/c1-4-25-24(26-16-19-9-10-22(29-2)23(15-19)30-3)27-17-20-7-5-6-8-21(20)18-28-11-13-31-14-12-28/h5-10,15H,4,11-14,16-18H2,1-3H3,(H2,25,26,27). The lowest BCUT2D eigenvalue weighted by Crippen LogP contribution is -2.38. The van der Waals surface area contributed by atoms with Crippen LogP contribution in [0.25, 0.3) is 0 Å². The van der Waals surface area contributed by atoms with Crippen LogP contribution in [0.15, 0.2) is 47.5 Å². The third kappa shape index (κ3) is 6.87. The van der Waals surface area contributed by atoms with E-state index >= 15 is 0 Å². The summed E-state index contributed by atoms with van der Waals surface area (Å²) in [7, 11) is 3.28. The first-order valence-corrected chi connectivity index (χ1v) is 10.8. The van der Waals surface area contributed by atoms with E-state index in [0.717, 1.165) is 63.2 Å². The number of ether oxygens (including phenoxy) is 3. The van der Waals surface area contributed by atoms with Crippen molar-refractivity contribution < 1.29 is 14.2 Å². The Hall–Kier alpha value is -2.77. The lowest BCUT2D eigenvalue weighted by atomic mass is 10.1. The van der Waals surface area contributed by atoms with Gasteiger partial charge in [-0.1, -0.05) is 30.3 Å². The fraction of sp³-hybridized carbons (Fsp3) is 0.458. The highest BCUT2D eigenvalue weighted by Crippen LogP contribution is 2.27. The lowest BCUT2D eigenvalue weighted by Gasteiger charge is -2.27. The third-order valence-corrected chi connectivity index (χ3v) is 5.27. The molecule has 0 atom stereocenters. The molecule has 0 aromatic heterocycles. The average Bonchev–Trinajstić information content (AvgIpc) is 2.82. The smallest absolute Gasteiger partial charge is 0.191 e. The van der Waals surface area contributed by atoms with Crippen LogP contribution in [-0.4, -0.2) is 57.9 Å². The molecule has 1 aliphatic rings. The van der Waals surface area contributed by atoms with E-state index in [1.54, 1.807) is 14.2 Å². The summed E-state index contributed by atoms with van der Waals surface area (Å²) in [4.78, 5) is 7.19. The molecular formula is C24H34N4O3. The maximum atomic E-state index is 5.47. The van der Waals surface area contributed by atoms with Crippen molar-refractivity contribution in [2.45, 2.75) is 26.6 Å². The van der Waals surface area contributed by atoms with Gasteiger partial charge in [0.25, 0.3) is 0 Å². The molecule has 0 unspecified atom stereocenters. The number of benzene rings is 2. The van der Waals surface area contributed by atoms with Gasteiger partial charge in [-0.05, 0) is 35.7 Å². The van der Waals surface area contributed by atoms with E-state index in [-0.39, 0.29) is 0 Å². The van der Waals surface area contributed by atoms with Crippen molar-refractivity contribution >= 4 is 5.96 Å². The van der Waals surface area contributed by atoms with Crippen molar-refractivity contribution in [2.75, 3.05) is 47.1 Å². The van der Waals surface area contributed by atoms with Crippen LogP contribution in [0.4, 0.5) is 0 Å². The van der Waals surface area contributed by atoms with Gasteiger partial charge in [-0.3, -0.25) is 4.90 Å². The molecule has 1 fully saturated rings. The van der Waals surface area contributed by atoms with Gasteiger partial charge in [-0.25, -0.2) is 4.99 Å². The minimum atomic E-state index is 0.547. The summed E-state index contributed by atoms with van der Waals surface area (Å²) in [6.45, 7) is 8.67. The third-order valence-electron chi connectivity index (χ3n) is 5.27. The molecule has 31 heavy (non-hydrogen) atoms. The predicted molar refractivity (Wildman–Crippen MR) is 124 cm³/mol. The average molecular weight is 427 g/mol. The van der Waals surface area contributed by atoms with Gasteiger partial charge in [-0.15, -0.1) is 0 Å². The molecule has 1 aliphatic heterocycles. The van der Waals surface area contributed by atoms with Crippen LogP contribution >= 0.6 is 0 Å². The van der Waals surface area contributed by atoms with E-state index in [1.807, 2.05) is 18.2 Å². The Kier molecular flexibility index (Phi) is 8.99.